The van der Waals surface area contributed by atoms with E-state index in [4.69, 9.17) is 0 Å². The summed E-state index contributed by atoms with van der Waals surface area (Å²) >= 11 is 3.34. The Bertz CT molecular complexity index is 747. The molecule has 4 nitrogen and oxygen atoms in total. The molecule has 124 valence electrons. The number of nitrogens with one attached hydrogen (secondary N) is 1. The molecule has 1 aliphatic heterocycles. The fraction of sp³-hybridized carbons (Fsp3) is 0.222. The van der Waals surface area contributed by atoms with Gasteiger partial charge in [-0.1, -0.05) is 28.1 Å². The topological polar surface area (TPSA) is 49.4 Å². The van der Waals surface area contributed by atoms with Crippen LogP contribution in [0.1, 0.15) is 12.0 Å². The minimum absolute atomic E-state index is 0.0599. The number of benzene rings is 2. The second kappa shape index (κ2) is 7.13. The molecule has 0 aliphatic carbocycles. The lowest BCUT2D eigenvalue weighted by molar-refractivity contribution is -0.128. The average Bonchev–Trinajstić information content (AvgIpc) is 2.93. The van der Waals surface area contributed by atoms with E-state index in [0.29, 0.717) is 18.8 Å². The highest BCUT2D eigenvalue weighted by Crippen LogP contribution is 2.22. The van der Waals surface area contributed by atoms with E-state index in [9.17, 15) is 14.0 Å². The van der Waals surface area contributed by atoms with E-state index in [1.165, 1.54) is 12.1 Å². The van der Waals surface area contributed by atoms with Crippen molar-refractivity contribution in [3.05, 3.63) is 64.4 Å². The van der Waals surface area contributed by atoms with Gasteiger partial charge in [-0.15, -0.1) is 0 Å². The normalized spacial score (nSPS) is 17.2. The van der Waals surface area contributed by atoms with Crippen LogP contribution in [0.4, 0.5) is 10.1 Å². The molecule has 24 heavy (non-hydrogen) atoms. The summed E-state index contributed by atoms with van der Waals surface area (Å²) in [6.07, 6.45) is 0.198. The van der Waals surface area contributed by atoms with Crippen LogP contribution in [0.5, 0.6) is 0 Å². The van der Waals surface area contributed by atoms with Crippen LogP contribution < -0.4 is 5.32 Å². The summed E-state index contributed by atoms with van der Waals surface area (Å²) in [7, 11) is 0. The Balaban J connectivity index is 1.60. The standard InChI is InChI=1S/C18H16BrFN2O2/c19-14-3-7-16(8-4-14)21-18(24)13-9-17(23)22(11-13)10-12-1-5-15(20)6-2-12/h1-8,13H,9-11H2,(H,21,24)/t13-/m1/s1. The number of likely N-dealkylation sites (tertiary alicyclic amines) is 1. The maximum atomic E-state index is 12.9. The quantitative estimate of drug-likeness (QED) is 0.867. The molecule has 0 bridgehead atoms. The summed E-state index contributed by atoms with van der Waals surface area (Å²) in [4.78, 5) is 26.1. The van der Waals surface area contributed by atoms with E-state index in [-0.39, 0.29) is 30.0 Å². The highest BCUT2D eigenvalue weighted by molar-refractivity contribution is 9.10. The maximum absolute atomic E-state index is 12.9. The molecule has 1 fully saturated rings. The predicted molar refractivity (Wildman–Crippen MR) is 92.7 cm³/mol. The lowest BCUT2D eigenvalue weighted by Gasteiger charge is -2.16. The predicted octanol–water partition coefficient (Wildman–Crippen LogP) is 3.58. The number of hydrogen-bond acceptors (Lipinski definition) is 2. The van der Waals surface area contributed by atoms with Gasteiger partial charge in [0.2, 0.25) is 11.8 Å². The van der Waals surface area contributed by atoms with Crippen molar-refractivity contribution >= 4 is 33.4 Å². The van der Waals surface area contributed by atoms with E-state index >= 15 is 0 Å². The molecule has 0 aromatic heterocycles. The Kier molecular flexibility index (Phi) is 4.94. The van der Waals surface area contributed by atoms with Gasteiger partial charge in [0.05, 0.1) is 5.92 Å². The molecule has 1 atom stereocenters. The lowest BCUT2D eigenvalue weighted by atomic mass is 10.1. The summed E-state index contributed by atoms with van der Waals surface area (Å²) in [5.41, 5.74) is 1.55. The Morgan fingerprint density at radius 2 is 1.83 bits per heavy atom. The van der Waals surface area contributed by atoms with Gasteiger partial charge in [-0.25, -0.2) is 4.39 Å². The van der Waals surface area contributed by atoms with Crippen LogP contribution in [0.2, 0.25) is 0 Å². The molecule has 0 unspecified atom stereocenters. The molecular weight excluding hydrogens is 375 g/mol. The largest absolute Gasteiger partial charge is 0.338 e. The van der Waals surface area contributed by atoms with Gasteiger partial charge in [-0.2, -0.15) is 0 Å². The Morgan fingerprint density at radius 3 is 2.50 bits per heavy atom. The molecule has 6 heteroatoms. The molecular formula is C18H16BrFN2O2. The fourth-order valence-corrected chi connectivity index (χ4v) is 2.95. The zero-order chi connectivity index (χ0) is 17.1. The molecule has 2 aromatic carbocycles. The average molecular weight is 391 g/mol. The molecule has 1 saturated heterocycles. The number of anilines is 1. The Hall–Kier alpha value is -2.21. The van der Waals surface area contributed by atoms with Crippen LogP contribution in [-0.2, 0) is 16.1 Å². The van der Waals surface area contributed by atoms with Gasteiger partial charge >= 0.3 is 0 Å². The van der Waals surface area contributed by atoms with Crippen LogP contribution in [0.15, 0.2) is 53.0 Å². The minimum atomic E-state index is -0.374. The van der Waals surface area contributed by atoms with Crippen LogP contribution in [0, 0.1) is 11.7 Å². The molecule has 0 radical (unpaired) electrons. The van der Waals surface area contributed by atoms with E-state index in [0.717, 1.165) is 10.0 Å². The SMILES string of the molecule is O=C(Nc1ccc(Br)cc1)[C@@H]1CC(=O)N(Cc2ccc(F)cc2)C1. The van der Waals surface area contributed by atoms with Gasteiger partial charge in [-0.3, -0.25) is 9.59 Å². The monoisotopic (exact) mass is 390 g/mol. The molecule has 0 spiro atoms. The van der Waals surface area contributed by atoms with Crippen molar-refractivity contribution in [1.29, 1.82) is 0 Å². The molecule has 1 N–H and O–H groups in total. The number of carbonyl (C=O) groups excluding carboxylic acids is 2. The molecule has 3 rings (SSSR count). The number of nitrogens with zero attached hydrogens (tertiary/aromatic N) is 1. The smallest absolute Gasteiger partial charge is 0.229 e. The van der Waals surface area contributed by atoms with E-state index in [2.05, 4.69) is 21.2 Å². The third kappa shape index (κ3) is 4.00. The molecule has 0 saturated carbocycles. The first-order chi connectivity index (χ1) is 11.5. The third-order valence-electron chi connectivity index (χ3n) is 3.98. The summed E-state index contributed by atoms with van der Waals surface area (Å²) in [5.74, 6) is -0.901. The van der Waals surface area contributed by atoms with Crippen LogP contribution in [-0.4, -0.2) is 23.3 Å². The van der Waals surface area contributed by atoms with Gasteiger partial charge in [0.15, 0.2) is 0 Å². The number of hydrogen-bond donors (Lipinski definition) is 1. The highest BCUT2D eigenvalue weighted by atomic mass is 79.9. The summed E-state index contributed by atoms with van der Waals surface area (Å²) in [6, 6.07) is 13.3. The molecule has 2 amide bonds. The highest BCUT2D eigenvalue weighted by Gasteiger charge is 2.34. The van der Waals surface area contributed by atoms with Crippen LogP contribution in [0.25, 0.3) is 0 Å². The number of halogens is 2. The van der Waals surface area contributed by atoms with E-state index < -0.39 is 0 Å². The minimum Gasteiger partial charge on any atom is -0.338 e. The fourth-order valence-electron chi connectivity index (χ4n) is 2.69. The van der Waals surface area contributed by atoms with Gasteiger partial charge < -0.3 is 10.2 Å². The van der Waals surface area contributed by atoms with Crippen molar-refractivity contribution < 1.29 is 14.0 Å². The first-order valence-corrected chi connectivity index (χ1v) is 8.39. The van der Waals surface area contributed by atoms with Crippen molar-refractivity contribution in [2.75, 3.05) is 11.9 Å². The van der Waals surface area contributed by atoms with Crippen molar-refractivity contribution in [3.8, 4) is 0 Å². The maximum Gasteiger partial charge on any atom is 0.229 e. The van der Waals surface area contributed by atoms with E-state index in [1.807, 2.05) is 12.1 Å². The second-order valence-electron chi connectivity index (χ2n) is 5.80. The zero-order valence-corrected chi connectivity index (χ0v) is 14.4. The summed E-state index contributed by atoms with van der Waals surface area (Å²) in [6.45, 7) is 0.764. The van der Waals surface area contributed by atoms with Crippen LogP contribution >= 0.6 is 15.9 Å². The number of rotatable bonds is 4. The number of amides is 2. The summed E-state index contributed by atoms with van der Waals surface area (Å²) in [5, 5.41) is 2.84. The third-order valence-corrected chi connectivity index (χ3v) is 4.51. The van der Waals surface area contributed by atoms with Crippen molar-refractivity contribution in [3.63, 3.8) is 0 Å². The Labute approximate surface area is 147 Å². The van der Waals surface area contributed by atoms with Gasteiger partial charge in [0, 0.05) is 29.7 Å². The first kappa shape index (κ1) is 16.6. The van der Waals surface area contributed by atoms with Crippen molar-refractivity contribution in [1.82, 2.24) is 4.90 Å². The summed E-state index contributed by atoms with van der Waals surface area (Å²) < 4.78 is 13.9. The number of carbonyl (C=O) groups is 2. The van der Waals surface area contributed by atoms with Crippen molar-refractivity contribution in [2.45, 2.75) is 13.0 Å². The zero-order valence-electron chi connectivity index (χ0n) is 12.8. The molecule has 2 aromatic rings. The molecule has 1 aliphatic rings. The molecule has 1 heterocycles. The van der Waals surface area contributed by atoms with Gasteiger partial charge in [-0.05, 0) is 42.0 Å². The van der Waals surface area contributed by atoms with Gasteiger partial charge in [0.25, 0.3) is 0 Å². The second-order valence-corrected chi connectivity index (χ2v) is 6.71. The van der Waals surface area contributed by atoms with E-state index in [1.54, 1.807) is 29.2 Å². The van der Waals surface area contributed by atoms with Crippen molar-refractivity contribution in [2.24, 2.45) is 5.92 Å². The first-order valence-electron chi connectivity index (χ1n) is 7.60. The Morgan fingerprint density at radius 1 is 1.17 bits per heavy atom. The van der Waals surface area contributed by atoms with Gasteiger partial charge in [0.1, 0.15) is 5.82 Å². The van der Waals surface area contributed by atoms with Crippen LogP contribution in [0.3, 0.4) is 0 Å². The lowest BCUT2D eigenvalue weighted by Crippen LogP contribution is -2.28.